The van der Waals surface area contributed by atoms with E-state index in [0.29, 0.717) is 12.1 Å². The number of thiazole rings is 1. The Morgan fingerprint density at radius 2 is 2.20 bits per heavy atom. The van der Waals surface area contributed by atoms with Gasteiger partial charge >= 0.3 is 4.87 Å². The van der Waals surface area contributed by atoms with Gasteiger partial charge in [0.1, 0.15) is 0 Å². The molecule has 15 heavy (non-hydrogen) atoms. The zero-order valence-electron chi connectivity index (χ0n) is 8.61. The minimum atomic E-state index is 0.0285. The van der Waals surface area contributed by atoms with Gasteiger partial charge in [-0.05, 0) is 32.0 Å². The molecule has 0 unspecified atom stereocenters. The highest BCUT2D eigenvalue weighted by Gasteiger charge is 2.07. The highest BCUT2D eigenvalue weighted by molar-refractivity contribution is 7.16. The SMILES string of the molecule is CCn1c(=O)sc2cc(C(C)=O)ccc21. The Balaban J connectivity index is 2.75. The van der Waals surface area contributed by atoms with Gasteiger partial charge in [-0.15, -0.1) is 0 Å². The molecule has 4 heteroatoms. The molecule has 0 fully saturated rings. The lowest BCUT2D eigenvalue weighted by molar-refractivity contribution is 0.101. The fraction of sp³-hybridized carbons (Fsp3) is 0.273. The Labute approximate surface area is 91.0 Å². The lowest BCUT2D eigenvalue weighted by Crippen LogP contribution is -2.10. The number of aryl methyl sites for hydroxylation is 1. The number of carbonyl (C=O) groups is 1. The molecular weight excluding hydrogens is 210 g/mol. The number of nitrogens with zero attached hydrogens (tertiary/aromatic N) is 1. The van der Waals surface area contributed by atoms with Crippen molar-refractivity contribution in [3.8, 4) is 0 Å². The molecule has 1 aromatic heterocycles. The van der Waals surface area contributed by atoms with Crippen LogP contribution in [0.1, 0.15) is 24.2 Å². The van der Waals surface area contributed by atoms with Gasteiger partial charge < -0.3 is 0 Å². The first kappa shape index (κ1) is 10.1. The number of aromatic nitrogens is 1. The molecule has 0 saturated heterocycles. The highest BCUT2D eigenvalue weighted by Crippen LogP contribution is 2.19. The van der Waals surface area contributed by atoms with E-state index in [2.05, 4.69) is 0 Å². The second-order valence-corrected chi connectivity index (χ2v) is 4.34. The quantitative estimate of drug-likeness (QED) is 0.730. The smallest absolute Gasteiger partial charge is 0.299 e. The molecule has 2 aromatic rings. The summed E-state index contributed by atoms with van der Waals surface area (Å²) in [5, 5.41) is 0. The Hall–Kier alpha value is -1.42. The van der Waals surface area contributed by atoms with Gasteiger partial charge in [-0.1, -0.05) is 11.3 Å². The molecule has 0 N–H and O–H groups in total. The second-order valence-electron chi connectivity index (χ2n) is 3.35. The van der Waals surface area contributed by atoms with Gasteiger partial charge in [0, 0.05) is 12.1 Å². The summed E-state index contributed by atoms with van der Waals surface area (Å²) >= 11 is 1.19. The zero-order valence-corrected chi connectivity index (χ0v) is 9.43. The number of benzene rings is 1. The van der Waals surface area contributed by atoms with Crippen LogP contribution in [0.3, 0.4) is 0 Å². The van der Waals surface area contributed by atoms with Gasteiger partial charge in [0.25, 0.3) is 0 Å². The number of hydrogen-bond donors (Lipinski definition) is 0. The summed E-state index contributed by atoms with van der Waals surface area (Å²) in [7, 11) is 0. The van der Waals surface area contributed by atoms with E-state index in [-0.39, 0.29) is 10.7 Å². The summed E-state index contributed by atoms with van der Waals surface area (Å²) < 4.78 is 2.60. The van der Waals surface area contributed by atoms with Crippen molar-refractivity contribution in [2.45, 2.75) is 20.4 Å². The highest BCUT2D eigenvalue weighted by atomic mass is 32.1. The maximum Gasteiger partial charge on any atom is 0.308 e. The number of carbonyl (C=O) groups excluding carboxylic acids is 1. The molecular formula is C11H11NO2S. The van der Waals surface area contributed by atoms with Gasteiger partial charge in [0.15, 0.2) is 5.78 Å². The van der Waals surface area contributed by atoms with Crippen LogP contribution in [0.2, 0.25) is 0 Å². The minimum Gasteiger partial charge on any atom is -0.299 e. The van der Waals surface area contributed by atoms with E-state index >= 15 is 0 Å². The maximum atomic E-state index is 11.5. The van der Waals surface area contributed by atoms with Gasteiger partial charge in [0.05, 0.1) is 10.2 Å². The van der Waals surface area contributed by atoms with Crippen LogP contribution in [0.5, 0.6) is 0 Å². The third-order valence-corrected chi connectivity index (χ3v) is 3.33. The number of ketones is 1. The molecule has 0 atom stereocenters. The summed E-state index contributed by atoms with van der Waals surface area (Å²) in [5.74, 6) is 0.0285. The lowest BCUT2D eigenvalue weighted by atomic mass is 10.1. The summed E-state index contributed by atoms with van der Waals surface area (Å²) in [6.45, 7) is 4.13. The van der Waals surface area contributed by atoms with Crippen molar-refractivity contribution in [2.24, 2.45) is 0 Å². The summed E-state index contributed by atoms with van der Waals surface area (Å²) in [6.07, 6.45) is 0. The predicted molar refractivity (Wildman–Crippen MR) is 61.8 cm³/mol. The van der Waals surface area contributed by atoms with E-state index in [0.717, 1.165) is 10.2 Å². The molecule has 3 nitrogen and oxygen atoms in total. The predicted octanol–water partition coefficient (Wildman–Crippen LogP) is 2.29. The van der Waals surface area contributed by atoms with E-state index in [4.69, 9.17) is 0 Å². The minimum absolute atomic E-state index is 0.0285. The average Bonchev–Trinajstić information content (AvgIpc) is 2.51. The van der Waals surface area contributed by atoms with Crippen LogP contribution in [0.25, 0.3) is 10.2 Å². The molecule has 78 valence electrons. The Kier molecular flexibility index (Phi) is 2.44. The first-order valence-electron chi connectivity index (χ1n) is 4.78. The molecule has 0 spiro atoms. The molecule has 0 saturated carbocycles. The molecule has 1 heterocycles. The molecule has 2 rings (SSSR count). The lowest BCUT2D eigenvalue weighted by Gasteiger charge is -1.99. The first-order chi connectivity index (χ1) is 7.13. The fourth-order valence-electron chi connectivity index (χ4n) is 1.58. The standard InChI is InChI=1S/C11H11NO2S/c1-3-12-9-5-4-8(7(2)13)6-10(9)15-11(12)14/h4-6H,3H2,1-2H3. The normalized spacial score (nSPS) is 10.8. The molecule has 0 bridgehead atoms. The molecule has 0 aliphatic heterocycles. The van der Waals surface area contributed by atoms with Crippen LogP contribution in [0, 0.1) is 0 Å². The Morgan fingerprint density at radius 3 is 2.80 bits per heavy atom. The monoisotopic (exact) mass is 221 g/mol. The van der Waals surface area contributed by atoms with Crippen LogP contribution in [0.4, 0.5) is 0 Å². The number of Topliss-reactive ketones (excluding diaryl/α,β-unsaturated/α-hetero) is 1. The van der Waals surface area contributed by atoms with Gasteiger partial charge in [0.2, 0.25) is 0 Å². The van der Waals surface area contributed by atoms with Crippen LogP contribution in [0.15, 0.2) is 23.0 Å². The van der Waals surface area contributed by atoms with Crippen molar-refractivity contribution in [1.82, 2.24) is 4.57 Å². The maximum absolute atomic E-state index is 11.5. The third-order valence-electron chi connectivity index (χ3n) is 2.39. The van der Waals surface area contributed by atoms with Crippen molar-refractivity contribution < 1.29 is 4.79 Å². The Morgan fingerprint density at radius 1 is 1.47 bits per heavy atom. The number of rotatable bonds is 2. The first-order valence-corrected chi connectivity index (χ1v) is 5.59. The van der Waals surface area contributed by atoms with Crippen LogP contribution in [-0.2, 0) is 6.54 Å². The van der Waals surface area contributed by atoms with E-state index in [9.17, 15) is 9.59 Å². The number of fused-ring (bicyclic) bond motifs is 1. The van der Waals surface area contributed by atoms with Gasteiger partial charge in [-0.3, -0.25) is 14.2 Å². The Bertz CT molecular complexity index is 580. The molecule has 0 amide bonds. The van der Waals surface area contributed by atoms with E-state index < -0.39 is 0 Å². The van der Waals surface area contributed by atoms with Crippen LogP contribution in [-0.4, -0.2) is 10.4 Å². The third kappa shape index (κ3) is 1.61. The van der Waals surface area contributed by atoms with E-state index in [1.165, 1.54) is 18.3 Å². The van der Waals surface area contributed by atoms with Crippen molar-refractivity contribution in [2.75, 3.05) is 0 Å². The van der Waals surface area contributed by atoms with Crippen LogP contribution >= 0.6 is 11.3 Å². The zero-order chi connectivity index (χ0) is 11.0. The summed E-state index contributed by atoms with van der Waals surface area (Å²) in [4.78, 5) is 22.8. The molecule has 1 aromatic carbocycles. The summed E-state index contributed by atoms with van der Waals surface area (Å²) in [5.41, 5.74) is 1.57. The fourth-order valence-corrected chi connectivity index (χ4v) is 2.58. The van der Waals surface area contributed by atoms with E-state index in [1.807, 2.05) is 13.0 Å². The van der Waals surface area contributed by atoms with Gasteiger partial charge in [-0.2, -0.15) is 0 Å². The second kappa shape index (κ2) is 3.62. The largest absolute Gasteiger partial charge is 0.308 e. The topological polar surface area (TPSA) is 39.1 Å². The van der Waals surface area contributed by atoms with Gasteiger partial charge in [-0.25, -0.2) is 0 Å². The van der Waals surface area contributed by atoms with E-state index in [1.54, 1.807) is 16.7 Å². The molecule has 0 aliphatic rings. The van der Waals surface area contributed by atoms with Crippen molar-refractivity contribution in [1.29, 1.82) is 0 Å². The van der Waals surface area contributed by atoms with Crippen LogP contribution < -0.4 is 4.87 Å². The average molecular weight is 221 g/mol. The summed E-state index contributed by atoms with van der Waals surface area (Å²) in [6, 6.07) is 5.40. The van der Waals surface area contributed by atoms with Crippen molar-refractivity contribution in [3.05, 3.63) is 33.4 Å². The number of hydrogen-bond acceptors (Lipinski definition) is 3. The molecule has 0 aliphatic carbocycles. The molecule has 0 radical (unpaired) electrons. The van der Waals surface area contributed by atoms with Crippen molar-refractivity contribution >= 4 is 27.3 Å². The van der Waals surface area contributed by atoms with Crippen molar-refractivity contribution in [3.63, 3.8) is 0 Å².